The van der Waals surface area contributed by atoms with Crippen LogP contribution in [0.5, 0.6) is 5.75 Å². The molecule has 1 rings (SSSR count). The Labute approximate surface area is 119 Å². The summed E-state index contributed by atoms with van der Waals surface area (Å²) in [5.74, 6) is 0.516. The summed E-state index contributed by atoms with van der Waals surface area (Å²) in [7, 11) is 0. The lowest BCUT2D eigenvalue weighted by Crippen LogP contribution is -2.02. The molecular formula is C18H30O. The van der Waals surface area contributed by atoms with Crippen LogP contribution in [0.15, 0.2) is 12.1 Å². The first-order chi connectivity index (χ1) is 9.24. The molecule has 1 nitrogen and oxygen atoms in total. The molecule has 1 heteroatoms. The van der Waals surface area contributed by atoms with Crippen molar-refractivity contribution >= 4 is 0 Å². The lowest BCUT2D eigenvalue weighted by Gasteiger charge is -2.16. The van der Waals surface area contributed by atoms with E-state index < -0.39 is 0 Å². The summed E-state index contributed by atoms with van der Waals surface area (Å²) in [6.45, 7) is 6.69. The van der Waals surface area contributed by atoms with Gasteiger partial charge in [0, 0.05) is 0 Å². The van der Waals surface area contributed by atoms with E-state index >= 15 is 0 Å². The Morgan fingerprint density at radius 1 is 0.737 bits per heavy atom. The Bertz CT molecular complexity index is 368. The zero-order chi connectivity index (χ0) is 14.1. The van der Waals surface area contributed by atoms with Crippen LogP contribution < -0.4 is 0 Å². The molecule has 0 bridgehead atoms. The SMILES string of the molecule is CCCCCc1c(O)ccc(CCC)c1CCCC. The molecule has 1 aromatic carbocycles. The third-order valence-electron chi connectivity index (χ3n) is 3.83. The zero-order valence-corrected chi connectivity index (χ0v) is 13.0. The molecule has 0 aliphatic carbocycles. The average molecular weight is 262 g/mol. The normalized spacial score (nSPS) is 10.9. The number of phenols is 1. The summed E-state index contributed by atoms with van der Waals surface area (Å²) in [6, 6.07) is 4.04. The summed E-state index contributed by atoms with van der Waals surface area (Å²) < 4.78 is 0. The van der Waals surface area contributed by atoms with E-state index in [-0.39, 0.29) is 0 Å². The Balaban J connectivity index is 2.96. The van der Waals surface area contributed by atoms with Gasteiger partial charge in [-0.05, 0) is 54.9 Å². The number of aryl methyl sites for hydroxylation is 1. The number of hydrogen-bond acceptors (Lipinski definition) is 1. The monoisotopic (exact) mass is 262 g/mol. The van der Waals surface area contributed by atoms with Crippen molar-refractivity contribution in [2.45, 2.75) is 78.6 Å². The van der Waals surface area contributed by atoms with E-state index in [0.29, 0.717) is 5.75 Å². The molecule has 0 spiro atoms. The molecule has 0 heterocycles. The van der Waals surface area contributed by atoms with Crippen molar-refractivity contribution in [2.75, 3.05) is 0 Å². The minimum atomic E-state index is 0.516. The van der Waals surface area contributed by atoms with Gasteiger partial charge in [0.15, 0.2) is 0 Å². The third-order valence-corrected chi connectivity index (χ3v) is 3.83. The van der Waals surface area contributed by atoms with Gasteiger partial charge in [0.25, 0.3) is 0 Å². The Kier molecular flexibility index (Phi) is 7.62. The third kappa shape index (κ3) is 4.89. The second-order valence-corrected chi connectivity index (χ2v) is 5.51. The number of rotatable bonds is 9. The molecule has 1 N–H and O–H groups in total. The maximum absolute atomic E-state index is 10.2. The molecule has 108 valence electrons. The van der Waals surface area contributed by atoms with Crippen LogP contribution in [-0.4, -0.2) is 5.11 Å². The van der Waals surface area contributed by atoms with E-state index in [1.807, 2.05) is 6.07 Å². The van der Waals surface area contributed by atoms with Crippen LogP contribution in [0.2, 0.25) is 0 Å². The first-order valence-electron chi connectivity index (χ1n) is 8.07. The lowest BCUT2D eigenvalue weighted by molar-refractivity contribution is 0.464. The average Bonchev–Trinajstić information content (AvgIpc) is 2.41. The largest absolute Gasteiger partial charge is 0.508 e. The maximum Gasteiger partial charge on any atom is 0.119 e. The summed E-state index contributed by atoms with van der Waals surface area (Å²) in [4.78, 5) is 0. The van der Waals surface area contributed by atoms with Crippen LogP contribution in [0.4, 0.5) is 0 Å². The highest BCUT2D eigenvalue weighted by Crippen LogP contribution is 2.29. The van der Waals surface area contributed by atoms with E-state index in [4.69, 9.17) is 0 Å². The number of benzene rings is 1. The highest BCUT2D eigenvalue weighted by molar-refractivity contribution is 5.45. The molecule has 0 amide bonds. The molecule has 0 atom stereocenters. The van der Waals surface area contributed by atoms with Gasteiger partial charge >= 0.3 is 0 Å². The molecule has 0 radical (unpaired) electrons. The Hall–Kier alpha value is -0.980. The highest BCUT2D eigenvalue weighted by atomic mass is 16.3. The van der Waals surface area contributed by atoms with Crippen LogP contribution in [0.3, 0.4) is 0 Å². The van der Waals surface area contributed by atoms with Gasteiger partial charge in [0.05, 0.1) is 0 Å². The van der Waals surface area contributed by atoms with Crippen molar-refractivity contribution in [3.05, 3.63) is 28.8 Å². The summed E-state index contributed by atoms with van der Waals surface area (Å²) in [5, 5.41) is 10.2. The first-order valence-corrected chi connectivity index (χ1v) is 8.07. The van der Waals surface area contributed by atoms with Crippen molar-refractivity contribution < 1.29 is 5.11 Å². The van der Waals surface area contributed by atoms with E-state index in [2.05, 4.69) is 26.8 Å². The molecule has 0 aliphatic heterocycles. The predicted octanol–water partition coefficient (Wildman–Crippen LogP) is 5.42. The quantitative estimate of drug-likeness (QED) is 0.589. The van der Waals surface area contributed by atoms with Gasteiger partial charge in [0.1, 0.15) is 5.75 Å². The van der Waals surface area contributed by atoms with E-state index in [9.17, 15) is 5.11 Å². The number of aromatic hydroxyl groups is 1. The minimum absolute atomic E-state index is 0.516. The zero-order valence-electron chi connectivity index (χ0n) is 13.0. The van der Waals surface area contributed by atoms with Gasteiger partial charge in [-0.3, -0.25) is 0 Å². The number of hydrogen-bond donors (Lipinski definition) is 1. The van der Waals surface area contributed by atoms with Crippen LogP contribution >= 0.6 is 0 Å². The molecule has 0 fully saturated rings. The van der Waals surface area contributed by atoms with Gasteiger partial charge in [-0.1, -0.05) is 52.5 Å². The second-order valence-electron chi connectivity index (χ2n) is 5.51. The van der Waals surface area contributed by atoms with E-state index in [1.165, 1.54) is 55.2 Å². The summed E-state index contributed by atoms with van der Waals surface area (Å²) in [5.41, 5.74) is 4.13. The smallest absolute Gasteiger partial charge is 0.119 e. The maximum atomic E-state index is 10.2. The van der Waals surface area contributed by atoms with Gasteiger partial charge in [0.2, 0.25) is 0 Å². The highest BCUT2D eigenvalue weighted by Gasteiger charge is 2.12. The van der Waals surface area contributed by atoms with Crippen LogP contribution in [0.25, 0.3) is 0 Å². The van der Waals surface area contributed by atoms with E-state index in [0.717, 1.165) is 19.3 Å². The number of phenolic OH excluding ortho intramolecular Hbond substituents is 1. The fraction of sp³-hybridized carbons (Fsp3) is 0.667. The predicted molar refractivity (Wildman–Crippen MR) is 83.9 cm³/mol. The fourth-order valence-corrected chi connectivity index (χ4v) is 2.73. The molecule has 0 saturated carbocycles. The summed E-state index contributed by atoms with van der Waals surface area (Å²) in [6.07, 6.45) is 10.6. The summed E-state index contributed by atoms with van der Waals surface area (Å²) >= 11 is 0. The Morgan fingerprint density at radius 2 is 1.42 bits per heavy atom. The van der Waals surface area contributed by atoms with Crippen molar-refractivity contribution in [1.82, 2.24) is 0 Å². The first kappa shape index (κ1) is 16.1. The standard InChI is InChI=1S/C18H30O/c1-4-7-9-12-17-16(11-8-5-2)15(10-6-3)13-14-18(17)19/h13-14,19H,4-12H2,1-3H3. The van der Waals surface area contributed by atoms with Crippen LogP contribution in [-0.2, 0) is 19.3 Å². The van der Waals surface area contributed by atoms with E-state index in [1.54, 1.807) is 0 Å². The molecule has 0 aliphatic rings. The minimum Gasteiger partial charge on any atom is -0.508 e. The van der Waals surface area contributed by atoms with Crippen molar-refractivity contribution in [1.29, 1.82) is 0 Å². The van der Waals surface area contributed by atoms with Gasteiger partial charge in [-0.2, -0.15) is 0 Å². The molecule has 19 heavy (non-hydrogen) atoms. The Morgan fingerprint density at radius 3 is 2.05 bits per heavy atom. The fourth-order valence-electron chi connectivity index (χ4n) is 2.73. The van der Waals surface area contributed by atoms with Crippen LogP contribution in [0.1, 0.15) is 76.0 Å². The molecule has 0 unspecified atom stereocenters. The molecular weight excluding hydrogens is 232 g/mol. The van der Waals surface area contributed by atoms with Crippen molar-refractivity contribution in [3.8, 4) is 5.75 Å². The molecule has 0 saturated heterocycles. The topological polar surface area (TPSA) is 20.2 Å². The number of unbranched alkanes of at least 4 members (excludes halogenated alkanes) is 3. The van der Waals surface area contributed by atoms with Crippen LogP contribution in [0, 0.1) is 0 Å². The van der Waals surface area contributed by atoms with Gasteiger partial charge in [-0.25, -0.2) is 0 Å². The van der Waals surface area contributed by atoms with Crippen molar-refractivity contribution in [3.63, 3.8) is 0 Å². The van der Waals surface area contributed by atoms with Crippen molar-refractivity contribution in [2.24, 2.45) is 0 Å². The molecule has 1 aromatic rings. The van der Waals surface area contributed by atoms with Gasteiger partial charge < -0.3 is 5.11 Å². The second kappa shape index (κ2) is 9.01. The molecule has 0 aromatic heterocycles. The lowest BCUT2D eigenvalue weighted by atomic mass is 9.90. The van der Waals surface area contributed by atoms with Gasteiger partial charge in [-0.15, -0.1) is 0 Å².